The third-order valence-electron chi connectivity index (χ3n) is 4.53. The number of carbonyl (C=O) groups is 1. The first kappa shape index (κ1) is 13.0. The van der Waals surface area contributed by atoms with Crippen LogP contribution in [-0.2, 0) is 9.53 Å². The van der Waals surface area contributed by atoms with E-state index in [0.29, 0.717) is 12.4 Å². The van der Waals surface area contributed by atoms with Gasteiger partial charge in [-0.25, -0.2) is 0 Å². The average molecular weight is 239 g/mol. The number of carbonyl (C=O) groups excluding carboxylic acids is 1. The van der Waals surface area contributed by atoms with Crippen LogP contribution in [0.15, 0.2) is 0 Å². The summed E-state index contributed by atoms with van der Waals surface area (Å²) in [5.74, 6) is 0.589. The fraction of sp³-hybridized carbons (Fsp3) is 0.929. The van der Waals surface area contributed by atoms with Crippen LogP contribution in [0.3, 0.4) is 0 Å². The minimum Gasteiger partial charge on any atom is -0.381 e. The molecule has 0 radical (unpaired) electrons. The van der Waals surface area contributed by atoms with E-state index in [9.17, 15) is 4.79 Å². The van der Waals surface area contributed by atoms with E-state index in [4.69, 9.17) is 4.74 Å². The molecule has 2 rings (SSSR count). The van der Waals surface area contributed by atoms with Crippen LogP contribution in [-0.4, -0.2) is 43.5 Å². The molecule has 1 aliphatic carbocycles. The Balaban J connectivity index is 2.11. The summed E-state index contributed by atoms with van der Waals surface area (Å²) in [6.07, 6.45) is 7.80. The summed E-state index contributed by atoms with van der Waals surface area (Å²) in [5.41, 5.74) is -0.191. The number of ether oxygens (including phenoxy) is 1. The molecular formula is C14H25NO2. The Bertz CT molecular complexity index is 263. The van der Waals surface area contributed by atoms with Crippen LogP contribution in [0.5, 0.6) is 0 Å². The monoisotopic (exact) mass is 239 g/mol. The van der Waals surface area contributed by atoms with E-state index >= 15 is 0 Å². The summed E-state index contributed by atoms with van der Waals surface area (Å²) in [6, 6.07) is 0. The van der Waals surface area contributed by atoms with Gasteiger partial charge >= 0.3 is 0 Å². The van der Waals surface area contributed by atoms with Gasteiger partial charge in [0.1, 0.15) is 0 Å². The first-order valence-corrected chi connectivity index (χ1v) is 6.96. The van der Waals surface area contributed by atoms with Crippen LogP contribution in [0.1, 0.15) is 44.9 Å². The van der Waals surface area contributed by atoms with E-state index in [2.05, 4.69) is 19.0 Å². The van der Waals surface area contributed by atoms with Crippen LogP contribution in [0.25, 0.3) is 0 Å². The van der Waals surface area contributed by atoms with Gasteiger partial charge in [0, 0.05) is 12.5 Å². The Morgan fingerprint density at radius 2 is 1.88 bits per heavy atom. The van der Waals surface area contributed by atoms with E-state index in [1.165, 1.54) is 19.3 Å². The maximum Gasteiger partial charge on any atom is 0.158 e. The van der Waals surface area contributed by atoms with Crippen molar-refractivity contribution in [1.29, 1.82) is 0 Å². The number of ketones is 1. The van der Waals surface area contributed by atoms with Gasteiger partial charge in [0.05, 0.1) is 12.1 Å². The second-order valence-corrected chi connectivity index (χ2v) is 5.76. The highest BCUT2D eigenvalue weighted by molar-refractivity contribution is 5.90. The molecule has 3 heteroatoms. The minimum absolute atomic E-state index is 0.143. The molecule has 0 spiro atoms. The summed E-state index contributed by atoms with van der Waals surface area (Å²) in [4.78, 5) is 15.0. The van der Waals surface area contributed by atoms with Gasteiger partial charge in [-0.05, 0) is 39.8 Å². The summed E-state index contributed by atoms with van der Waals surface area (Å²) >= 11 is 0. The zero-order valence-electron chi connectivity index (χ0n) is 11.2. The number of Topliss-reactive ketones (excluding diaryl/α,β-unsaturated/α-hetero) is 1. The third kappa shape index (κ3) is 2.55. The van der Waals surface area contributed by atoms with Gasteiger partial charge in [-0.1, -0.05) is 19.3 Å². The van der Waals surface area contributed by atoms with Gasteiger partial charge in [-0.15, -0.1) is 0 Å². The van der Waals surface area contributed by atoms with Crippen molar-refractivity contribution < 1.29 is 9.53 Å². The molecule has 1 unspecified atom stereocenters. The predicted molar refractivity (Wildman–Crippen MR) is 68.1 cm³/mol. The van der Waals surface area contributed by atoms with Gasteiger partial charge in [-0.2, -0.15) is 0 Å². The second kappa shape index (κ2) is 5.49. The first-order chi connectivity index (χ1) is 8.17. The fourth-order valence-electron chi connectivity index (χ4n) is 3.38. The van der Waals surface area contributed by atoms with E-state index in [-0.39, 0.29) is 11.5 Å². The highest BCUT2D eigenvalue weighted by atomic mass is 16.5. The van der Waals surface area contributed by atoms with E-state index < -0.39 is 0 Å². The van der Waals surface area contributed by atoms with Crippen molar-refractivity contribution >= 4 is 5.78 Å². The smallest absolute Gasteiger partial charge is 0.158 e. The Kier molecular flexibility index (Phi) is 4.21. The lowest BCUT2D eigenvalue weighted by molar-refractivity contribution is -0.140. The molecule has 0 amide bonds. The molecule has 98 valence electrons. The molecule has 0 N–H and O–H groups in total. The molecule has 1 heterocycles. The lowest BCUT2D eigenvalue weighted by Gasteiger charge is -2.44. The molecule has 1 saturated heterocycles. The molecule has 17 heavy (non-hydrogen) atoms. The maximum absolute atomic E-state index is 12.8. The molecule has 2 aliphatic rings. The summed E-state index contributed by atoms with van der Waals surface area (Å²) in [7, 11) is 4.12. The van der Waals surface area contributed by atoms with E-state index in [1.54, 1.807) is 0 Å². The molecule has 1 aliphatic heterocycles. The molecule has 0 aromatic heterocycles. The van der Waals surface area contributed by atoms with Gasteiger partial charge < -0.3 is 4.74 Å². The van der Waals surface area contributed by atoms with Crippen molar-refractivity contribution in [2.45, 2.75) is 50.5 Å². The third-order valence-corrected chi connectivity index (χ3v) is 4.53. The summed E-state index contributed by atoms with van der Waals surface area (Å²) < 4.78 is 5.48. The van der Waals surface area contributed by atoms with Crippen LogP contribution < -0.4 is 0 Å². The zero-order valence-corrected chi connectivity index (χ0v) is 11.2. The van der Waals surface area contributed by atoms with Crippen LogP contribution in [0.2, 0.25) is 0 Å². The average Bonchev–Trinajstić information content (AvgIpc) is 2.39. The van der Waals surface area contributed by atoms with Crippen molar-refractivity contribution in [3.05, 3.63) is 0 Å². The van der Waals surface area contributed by atoms with Crippen molar-refractivity contribution in [3.63, 3.8) is 0 Å². The van der Waals surface area contributed by atoms with Crippen molar-refractivity contribution in [2.24, 2.45) is 5.92 Å². The standard InChI is InChI=1S/C14H25NO2/c1-15(2)14(8-4-3-5-9-14)13(16)12-7-6-10-17-11-12/h12H,3-11H2,1-2H3. The Hall–Kier alpha value is -0.410. The highest BCUT2D eigenvalue weighted by Crippen LogP contribution is 2.36. The number of nitrogens with zero attached hydrogens (tertiary/aromatic N) is 1. The fourth-order valence-corrected chi connectivity index (χ4v) is 3.38. The highest BCUT2D eigenvalue weighted by Gasteiger charge is 2.44. The SMILES string of the molecule is CN(C)C1(C(=O)C2CCCOC2)CCCCC1. The Morgan fingerprint density at radius 1 is 1.18 bits per heavy atom. The van der Waals surface area contributed by atoms with Gasteiger partial charge in [0.25, 0.3) is 0 Å². The molecule has 1 saturated carbocycles. The quantitative estimate of drug-likeness (QED) is 0.756. The van der Waals surface area contributed by atoms with Gasteiger partial charge in [-0.3, -0.25) is 9.69 Å². The van der Waals surface area contributed by atoms with Crippen molar-refractivity contribution in [1.82, 2.24) is 4.90 Å². The van der Waals surface area contributed by atoms with Crippen LogP contribution in [0.4, 0.5) is 0 Å². The van der Waals surface area contributed by atoms with E-state index in [1.807, 2.05) is 0 Å². The molecule has 3 nitrogen and oxygen atoms in total. The Labute approximate surface area is 105 Å². The molecule has 0 bridgehead atoms. The van der Waals surface area contributed by atoms with Gasteiger partial charge in [0.15, 0.2) is 5.78 Å². The maximum atomic E-state index is 12.8. The molecule has 2 fully saturated rings. The topological polar surface area (TPSA) is 29.5 Å². The summed E-state index contributed by atoms with van der Waals surface area (Å²) in [6.45, 7) is 1.48. The lowest BCUT2D eigenvalue weighted by atomic mass is 9.73. The molecular weight excluding hydrogens is 214 g/mol. The van der Waals surface area contributed by atoms with Crippen molar-refractivity contribution in [2.75, 3.05) is 27.3 Å². The number of rotatable bonds is 3. The first-order valence-electron chi connectivity index (χ1n) is 6.96. The minimum atomic E-state index is -0.191. The summed E-state index contributed by atoms with van der Waals surface area (Å²) in [5, 5.41) is 0. The zero-order chi connectivity index (χ0) is 12.3. The lowest BCUT2D eigenvalue weighted by Crippen LogP contribution is -2.55. The van der Waals surface area contributed by atoms with Crippen LogP contribution in [0, 0.1) is 5.92 Å². The molecule has 1 atom stereocenters. The number of likely N-dealkylation sites (N-methyl/N-ethyl adjacent to an activating group) is 1. The normalized spacial score (nSPS) is 29.2. The molecule has 0 aromatic carbocycles. The predicted octanol–water partition coefficient (Wildman–Crippen LogP) is 2.25. The number of hydrogen-bond donors (Lipinski definition) is 0. The van der Waals surface area contributed by atoms with Crippen molar-refractivity contribution in [3.8, 4) is 0 Å². The van der Waals surface area contributed by atoms with Crippen LogP contribution >= 0.6 is 0 Å². The second-order valence-electron chi connectivity index (χ2n) is 5.76. The van der Waals surface area contributed by atoms with E-state index in [0.717, 1.165) is 32.3 Å². The Morgan fingerprint density at radius 3 is 2.41 bits per heavy atom. The molecule has 0 aromatic rings. The number of hydrogen-bond acceptors (Lipinski definition) is 3. The largest absolute Gasteiger partial charge is 0.381 e. The van der Waals surface area contributed by atoms with Gasteiger partial charge in [0.2, 0.25) is 0 Å².